The Hall–Kier alpha value is -1.41. The van der Waals surface area contributed by atoms with Crippen molar-refractivity contribution in [2.45, 2.75) is 52.0 Å². The molecule has 94 valence electrons. The fraction of sp³-hybridized carbons (Fsp3) is 0.750. The second kappa shape index (κ2) is 7.80. The predicted molar refractivity (Wildman–Crippen MR) is 66.2 cm³/mol. The third-order valence-corrected chi connectivity index (χ3v) is 2.69. The summed E-state index contributed by atoms with van der Waals surface area (Å²) in [6.07, 6.45) is 5.41. The summed E-state index contributed by atoms with van der Waals surface area (Å²) >= 11 is 0. The average molecular weight is 235 g/mol. The third kappa shape index (κ3) is 4.16. The summed E-state index contributed by atoms with van der Waals surface area (Å²) in [5.74, 6) is 0. The molecule has 1 heterocycles. The van der Waals surface area contributed by atoms with Crippen LogP contribution in [0.5, 0.6) is 0 Å². The molecule has 0 spiro atoms. The van der Waals surface area contributed by atoms with Crippen LogP contribution in [0.15, 0.2) is 0 Å². The van der Waals surface area contributed by atoms with E-state index in [4.69, 9.17) is 11.0 Å². The highest BCUT2D eigenvalue weighted by atomic mass is 15.4. The Bertz CT molecular complexity index is 363. The predicted octanol–water partition coefficient (Wildman–Crippen LogP) is 1.43. The molecule has 0 unspecified atom stereocenters. The van der Waals surface area contributed by atoms with Gasteiger partial charge >= 0.3 is 0 Å². The molecular formula is C12H21N5. The van der Waals surface area contributed by atoms with Gasteiger partial charge in [-0.1, -0.05) is 18.6 Å². The van der Waals surface area contributed by atoms with Crippen molar-refractivity contribution < 1.29 is 0 Å². The maximum Gasteiger partial charge on any atom is 0.0871 e. The van der Waals surface area contributed by atoms with Crippen molar-refractivity contribution in [2.24, 2.45) is 5.73 Å². The molecule has 0 bridgehead atoms. The van der Waals surface area contributed by atoms with Crippen molar-refractivity contribution in [1.29, 1.82) is 5.26 Å². The lowest BCUT2D eigenvalue weighted by Gasteiger charge is -2.06. The van der Waals surface area contributed by atoms with E-state index in [9.17, 15) is 0 Å². The van der Waals surface area contributed by atoms with Crippen LogP contribution in [0.3, 0.4) is 0 Å². The standard InChI is InChI=1S/C12H21N5/c1-2-6-12-11(7-9-14)15-16-17(12)10-5-3-4-8-13/h2-7,9-10,14H2,1H3. The maximum absolute atomic E-state index is 8.48. The van der Waals surface area contributed by atoms with Crippen LogP contribution >= 0.6 is 0 Å². The highest BCUT2D eigenvalue weighted by Crippen LogP contribution is 2.10. The Balaban J connectivity index is 2.60. The summed E-state index contributed by atoms with van der Waals surface area (Å²) in [4.78, 5) is 0. The van der Waals surface area contributed by atoms with Gasteiger partial charge in [0.15, 0.2) is 0 Å². The molecular weight excluding hydrogens is 214 g/mol. The second-order valence-corrected chi connectivity index (χ2v) is 4.11. The van der Waals surface area contributed by atoms with Gasteiger partial charge in [-0.2, -0.15) is 5.26 Å². The van der Waals surface area contributed by atoms with E-state index in [1.165, 1.54) is 5.69 Å². The van der Waals surface area contributed by atoms with Gasteiger partial charge in [-0.25, -0.2) is 4.68 Å². The summed E-state index contributed by atoms with van der Waals surface area (Å²) < 4.78 is 1.98. The quantitative estimate of drug-likeness (QED) is 0.691. The number of hydrogen-bond acceptors (Lipinski definition) is 4. The number of aromatic nitrogens is 3. The van der Waals surface area contributed by atoms with Crippen LogP contribution in [0, 0.1) is 11.3 Å². The van der Waals surface area contributed by atoms with Gasteiger partial charge in [0.05, 0.1) is 17.5 Å². The average Bonchev–Trinajstić information content (AvgIpc) is 2.69. The first-order valence-electron chi connectivity index (χ1n) is 6.31. The molecule has 5 nitrogen and oxygen atoms in total. The zero-order valence-corrected chi connectivity index (χ0v) is 10.5. The summed E-state index contributed by atoms with van der Waals surface area (Å²) in [6.45, 7) is 3.62. The van der Waals surface area contributed by atoms with E-state index < -0.39 is 0 Å². The first-order valence-corrected chi connectivity index (χ1v) is 6.31. The third-order valence-electron chi connectivity index (χ3n) is 2.69. The molecule has 0 fully saturated rings. The summed E-state index contributed by atoms with van der Waals surface area (Å²) in [6, 6.07) is 2.16. The highest BCUT2D eigenvalue weighted by Gasteiger charge is 2.10. The van der Waals surface area contributed by atoms with Crippen LogP contribution in [-0.2, 0) is 19.4 Å². The number of nitriles is 1. The van der Waals surface area contributed by atoms with Crippen LogP contribution in [-0.4, -0.2) is 21.5 Å². The maximum atomic E-state index is 8.48. The van der Waals surface area contributed by atoms with Crippen LogP contribution in [0.25, 0.3) is 0 Å². The second-order valence-electron chi connectivity index (χ2n) is 4.11. The van der Waals surface area contributed by atoms with Crippen molar-refractivity contribution in [3.05, 3.63) is 11.4 Å². The number of unbranched alkanes of at least 4 members (excludes halogenated alkanes) is 2. The van der Waals surface area contributed by atoms with Gasteiger partial charge in [0.1, 0.15) is 0 Å². The van der Waals surface area contributed by atoms with Gasteiger partial charge in [0, 0.05) is 19.4 Å². The van der Waals surface area contributed by atoms with Gasteiger partial charge in [-0.05, 0) is 25.8 Å². The van der Waals surface area contributed by atoms with Crippen molar-refractivity contribution in [3.8, 4) is 6.07 Å². The minimum absolute atomic E-state index is 0.615. The SMILES string of the molecule is CCCc1c(CCN)nnn1CCCCC#N. The Morgan fingerprint density at radius 3 is 2.82 bits per heavy atom. The molecule has 0 amide bonds. The van der Waals surface area contributed by atoms with Gasteiger partial charge in [0.25, 0.3) is 0 Å². The summed E-state index contributed by atoms with van der Waals surface area (Å²) in [5.41, 5.74) is 7.82. The van der Waals surface area contributed by atoms with Crippen LogP contribution in [0.1, 0.15) is 44.0 Å². The lowest BCUT2D eigenvalue weighted by Crippen LogP contribution is -2.09. The fourth-order valence-electron chi connectivity index (χ4n) is 1.86. The van der Waals surface area contributed by atoms with Gasteiger partial charge in [-0.3, -0.25) is 0 Å². The smallest absolute Gasteiger partial charge is 0.0871 e. The Morgan fingerprint density at radius 2 is 2.18 bits per heavy atom. The van der Waals surface area contributed by atoms with Gasteiger partial charge in [0.2, 0.25) is 0 Å². The number of aryl methyl sites for hydroxylation is 1. The molecule has 0 aromatic carbocycles. The Labute approximate surface area is 103 Å². The first kappa shape index (κ1) is 13.7. The van der Waals surface area contributed by atoms with E-state index in [0.29, 0.717) is 13.0 Å². The minimum Gasteiger partial charge on any atom is -0.330 e. The molecule has 0 saturated heterocycles. The molecule has 5 heteroatoms. The van der Waals surface area contributed by atoms with Crippen LogP contribution in [0.4, 0.5) is 0 Å². The fourth-order valence-corrected chi connectivity index (χ4v) is 1.86. The van der Waals surface area contributed by atoms with Crippen molar-refractivity contribution in [2.75, 3.05) is 6.54 Å². The summed E-state index contributed by atoms with van der Waals surface area (Å²) in [7, 11) is 0. The normalized spacial score (nSPS) is 10.4. The largest absolute Gasteiger partial charge is 0.330 e. The number of rotatable bonds is 8. The van der Waals surface area contributed by atoms with E-state index in [0.717, 1.165) is 44.3 Å². The number of nitrogens with zero attached hydrogens (tertiary/aromatic N) is 4. The lowest BCUT2D eigenvalue weighted by atomic mass is 10.1. The van der Waals surface area contributed by atoms with E-state index in [2.05, 4.69) is 23.3 Å². The molecule has 0 radical (unpaired) electrons. The number of nitrogens with two attached hydrogens (primary N) is 1. The topological polar surface area (TPSA) is 80.5 Å². The molecule has 2 N–H and O–H groups in total. The van der Waals surface area contributed by atoms with E-state index in [1.807, 2.05) is 4.68 Å². The molecule has 1 aromatic rings. The van der Waals surface area contributed by atoms with Crippen LogP contribution in [0.2, 0.25) is 0 Å². The number of hydrogen-bond donors (Lipinski definition) is 1. The molecule has 0 aliphatic heterocycles. The lowest BCUT2D eigenvalue weighted by molar-refractivity contribution is 0.524. The monoisotopic (exact) mass is 235 g/mol. The first-order chi connectivity index (χ1) is 8.33. The van der Waals surface area contributed by atoms with Gasteiger partial charge < -0.3 is 5.73 Å². The molecule has 17 heavy (non-hydrogen) atoms. The molecule has 0 saturated carbocycles. The molecule has 0 aliphatic carbocycles. The molecule has 0 aliphatic rings. The van der Waals surface area contributed by atoms with Crippen molar-refractivity contribution in [1.82, 2.24) is 15.0 Å². The zero-order chi connectivity index (χ0) is 12.5. The minimum atomic E-state index is 0.615. The van der Waals surface area contributed by atoms with E-state index >= 15 is 0 Å². The van der Waals surface area contributed by atoms with E-state index in [1.54, 1.807) is 0 Å². The Kier molecular flexibility index (Phi) is 6.26. The molecule has 0 atom stereocenters. The van der Waals surface area contributed by atoms with E-state index in [-0.39, 0.29) is 0 Å². The Morgan fingerprint density at radius 1 is 1.35 bits per heavy atom. The highest BCUT2D eigenvalue weighted by molar-refractivity contribution is 5.10. The molecule has 1 rings (SSSR count). The van der Waals surface area contributed by atoms with Crippen molar-refractivity contribution in [3.63, 3.8) is 0 Å². The molecule has 1 aromatic heterocycles. The van der Waals surface area contributed by atoms with Crippen molar-refractivity contribution >= 4 is 0 Å². The van der Waals surface area contributed by atoms with Crippen LogP contribution < -0.4 is 5.73 Å². The zero-order valence-electron chi connectivity index (χ0n) is 10.5. The summed E-state index contributed by atoms with van der Waals surface area (Å²) in [5, 5.41) is 16.8. The van der Waals surface area contributed by atoms with Gasteiger partial charge in [-0.15, -0.1) is 5.10 Å².